The summed E-state index contributed by atoms with van der Waals surface area (Å²) in [7, 11) is 0. The van der Waals surface area contributed by atoms with Gasteiger partial charge in [0, 0.05) is 10.4 Å². The maximum Gasteiger partial charge on any atom is 0.108 e. The van der Waals surface area contributed by atoms with Crippen molar-refractivity contribution >= 4 is 28.6 Å². The Balaban J connectivity index is 1.60. The highest BCUT2D eigenvalue weighted by Crippen LogP contribution is 2.30. The van der Waals surface area contributed by atoms with Crippen LogP contribution in [0.15, 0.2) is 91.0 Å². The number of hydrogen-bond acceptors (Lipinski definition) is 3. The predicted molar refractivity (Wildman–Crippen MR) is 136 cm³/mol. The Morgan fingerprint density at radius 2 is 1.70 bits per heavy atom. The number of fused-ring (bicyclic) bond motifs is 1. The number of nitrogens with zero attached hydrogens (tertiary/aromatic N) is 1. The molecule has 3 aromatic carbocycles. The van der Waals surface area contributed by atoms with Gasteiger partial charge in [-0.25, -0.2) is 4.98 Å². The highest BCUT2D eigenvalue weighted by Gasteiger charge is 2.25. The topological polar surface area (TPSA) is 53.4 Å². The average molecular weight is 458 g/mol. The number of aliphatic hydroxyl groups excluding tert-OH is 1. The minimum atomic E-state index is -1.15. The van der Waals surface area contributed by atoms with Crippen molar-refractivity contribution in [2.45, 2.75) is 37.9 Å². The van der Waals surface area contributed by atoms with E-state index in [1.165, 1.54) is 0 Å². The van der Waals surface area contributed by atoms with E-state index in [1.54, 1.807) is 6.92 Å². The zero-order valence-corrected chi connectivity index (χ0v) is 19.4. The fourth-order valence-corrected chi connectivity index (χ4v) is 4.23. The Bertz CT molecular complexity index is 1250. The number of hydrogen-bond donors (Lipinski definition) is 2. The van der Waals surface area contributed by atoms with Gasteiger partial charge in [0.15, 0.2) is 0 Å². The third-order valence-electron chi connectivity index (χ3n) is 5.80. The zero-order chi connectivity index (χ0) is 23.3. The van der Waals surface area contributed by atoms with Crippen LogP contribution in [-0.2, 0) is 18.4 Å². The lowest BCUT2D eigenvalue weighted by Gasteiger charge is -2.25. The molecule has 168 valence electrons. The number of pyridine rings is 1. The van der Waals surface area contributed by atoms with Crippen LogP contribution < -0.4 is 0 Å². The molecule has 0 saturated heterocycles. The number of benzene rings is 3. The number of aliphatic hydroxyl groups is 2. The van der Waals surface area contributed by atoms with Crippen molar-refractivity contribution in [1.29, 1.82) is 0 Å². The Kier molecular flexibility index (Phi) is 7.24. The largest absolute Gasteiger partial charge is 0.393 e. The van der Waals surface area contributed by atoms with Gasteiger partial charge in [-0.05, 0) is 73.2 Å². The quantitative estimate of drug-likeness (QED) is 0.324. The first kappa shape index (κ1) is 23.2. The Hall–Kier alpha value is -2.98. The molecular weight excluding hydrogens is 430 g/mol. The van der Waals surface area contributed by atoms with Crippen molar-refractivity contribution in [3.05, 3.63) is 118 Å². The summed E-state index contributed by atoms with van der Waals surface area (Å²) < 4.78 is 0. The lowest BCUT2D eigenvalue weighted by atomic mass is 9.86. The summed E-state index contributed by atoms with van der Waals surface area (Å²) in [4.78, 5) is 4.68. The molecule has 4 heteroatoms. The monoisotopic (exact) mass is 457 g/mol. The number of aromatic nitrogens is 1. The normalized spacial score (nSPS) is 14.4. The SMILES string of the molecule is CC(O)Cc1cccc(CCC(O)(C=Cc2ccc3ccc(Cl)cc3n2)c2ccccc2)c1. The van der Waals surface area contributed by atoms with Gasteiger partial charge < -0.3 is 10.2 Å². The van der Waals surface area contributed by atoms with Crippen LogP contribution in [0.4, 0.5) is 0 Å². The van der Waals surface area contributed by atoms with Gasteiger partial charge in [-0.2, -0.15) is 0 Å². The summed E-state index contributed by atoms with van der Waals surface area (Å²) in [5.41, 5.74) is 3.51. The zero-order valence-electron chi connectivity index (χ0n) is 18.7. The van der Waals surface area contributed by atoms with E-state index in [0.29, 0.717) is 24.3 Å². The number of aryl methyl sites for hydroxylation is 1. The fourth-order valence-electron chi connectivity index (χ4n) is 4.06. The van der Waals surface area contributed by atoms with Crippen LogP contribution in [-0.4, -0.2) is 21.3 Å². The van der Waals surface area contributed by atoms with Crippen LogP contribution in [0.25, 0.3) is 17.0 Å². The van der Waals surface area contributed by atoms with Crippen LogP contribution in [0, 0.1) is 0 Å². The first-order chi connectivity index (χ1) is 15.9. The highest BCUT2D eigenvalue weighted by molar-refractivity contribution is 6.31. The van der Waals surface area contributed by atoms with E-state index in [0.717, 1.165) is 33.3 Å². The second kappa shape index (κ2) is 10.3. The minimum Gasteiger partial charge on any atom is -0.393 e. The molecule has 0 radical (unpaired) electrons. The maximum absolute atomic E-state index is 11.7. The van der Waals surface area contributed by atoms with Gasteiger partial charge in [0.05, 0.1) is 17.3 Å². The molecule has 0 aliphatic rings. The second-order valence-electron chi connectivity index (χ2n) is 8.57. The molecule has 0 spiro atoms. The summed E-state index contributed by atoms with van der Waals surface area (Å²) in [6, 6.07) is 27.5. The summed E-state index contributed by atoms with van der Waals surface area (Å²) in [5.74, 6) is 0. The summed E-state index contributed by atoms with van der Waals surface area (Å²) in [6.07, 6.45) is 5.16. The van der Waals surface area contributed by atoms with Gasteiger partial charge in [-0.1, -0.05) is 78.3 Å². The van der Waals surface area contributed by atoms with E-state index in [9.17, 15) is 10.2 Å². The highest BCUT2D eigenvalue weighted by atomic mass is 35.5. The van der Waals surface area contributed by atoms with Crippen molar-refractivity contribution in [3.63, 3.8) is 0 Å². The minimum absolute atomic E-state index is 0.381. The lowest BCUT2D eigenvalue weighted by Crippen LogP contribution is -2.23. The molecule has 4 aromatic rings. The Morgan fingerprint density at radius 3 is 2.48 bits per heavy atom. The standard InChI is InChI=1S/C29H28ClNO2/c1-21(32)18-23-7-5-6-22(19-23)14-16-29(33,25-8-3-2-4-9-25)17-15-27-13-11-24-10-12-26(30)20-28(24)31-27/h2-13,15,17,19-21,32-33H,14,16,18H2,1H3. The van der Waals surface area contributed by atoms with Gasteiger partial charge in [0.2, 0.25) is 0 Å². The van der Waals surface area contributed by atoms with Gasteiger partial charge in [-0.15, -0.1) is 0 Å². The van der Waals surface area contributed by atoms with Crippen LogP contribution >= 0.6 is 11.6 Å². The molecule has 0 saturated carbocycles. The van der Waals surface area contributed by atoms with E-state index in [-0.39, 0.29) is 6.10 Å². The molecule has 0 fully saturated rings. The molecule has 2 atom stereocenters. The van der Waals surface area contributed by atoms with Crippen molar-refractivity contribution in [2.24, 2.45) is 0 Å². The molecule has 33 heavy (non-hydrogen) atoms. The maximum atomic E-state index is 11.7. The predicted octanol–water partition coefficient (Wildman–Crippen LogP) is 6.35. The Morgan fingerprint density at radius 1 is 0.939 bits per heavy atom. The molecule has 2 unspecified atom stereocenters. The third-order valence-corrected chi connectivity index (χ3v) is 6.03. The van der Waals surface area contributed by atoms with E-state index >= 15 is 0 Å². The van der Waals surface area contributed by atoms with Crippen molar-refractivity contribution in [1.82, 2.24) is 4.98 Å². The number of rotatable bonds is 8. The van der Waals surface area contributed by atoms with Gasteiger partial charge in [0.1, 0.15) is 5.60 Å². The molecule has 1 aromatic heterocycles. The van der Waals surface area contributed by atoms with Crippen LogP contribution in [0.2, 0.25) is 5.02 Å². The molecule has 0 aliphatic heterocycles. The van der Waals surface area contributed by atoms with Gasteiger partial charge >= 0.3 is 0 Å². The average Bonchev–Trinajstić information content (AvgIpc) is 2.81. The Labute approximate surface area is 200 Å². The molecule has 2 N–H and O–H groups in total. The summed E-state index contributed by atoms with van der Waals surface area (Å²) >= 11 is 6.13. The molecule has 3 nitrogen and oxygen atoms in total. The van der Waals surface area contributed by atoms with Crippen molar-refractivity contribution < 1.29 is 10.2 Å². The molecule has 0 aliphatic carbocycles. The lowest BCUT2D eigenvalue weighted by molar-refractivity contribution is 0.0807. The van der Waals surface area contributed by atoms with Crippen molar-refractivity contribution in [3.8, 4) is 0 Å². The molecule has 0 bridgehead atoms. The summed E-state index contributed by atoms with van der Waals surface area (Å²) in [5, 5.41) is 23.1. The van der Waals surface area contributed by atoms with E-state index in [1.807, 2.05) is 84.9 Å². The number of halogens is 1. The van der Waals surface area contributed by atoms with E-state index in [4.69, 9.17) is 11.6 Å². The van der Waals surface area contributed by atoms with Crippen LogP contribution in [0.3, 0.4) is 0 Å². The van der Waals surface area contributed by atoms with E-state index in [2.05, 4.69) is 17.1 Å². The smallest absolute Gasteiger partial charge is 0.108 e. The molecule has 0 amide bonds. The molecule has 4 rings (SSSR count). The third kappa shape index (κ3) is 6.08. The molecular formula is C29H28ClNO2. The second-order valence-corrected chi connectivity index (χ2v) is 9.01. The van der Waals surface area contributed by atoms with Gasteiger partial charge in [0.25, 0.3) is 0 Å². The molecule has 1 heterocycles. The first-order valence-electron chi connectivity index (χ1n) is 11.2. The van der Waals surface area contributed by atoms with Crippen LogP contribution in [0.1, 0.15) is 35.7 Å². The van der Waals surface area contributed by atoms with Gasteiger partial charge in [-0.3, -0.25) is 0 Å². The summed E-state index contributed by atoms with van der Waals surface area (Å²) in [6.45, 7) is 1.79. The first-order valence-corrected chi connectivity index (χ1v) is 11.6. The van der Waals surface area contributed by atoms with E-state index < -0.39 is 5.60 Å². The van der Waals surface area contributed by atoms with Crippen LogP contribution in [0.5, 0.6) is 0 Å². The fraction of sp³-hybridized carbons (Fsp3) is 0.207. The van der Waals surface area contributed by atoms with Crippen molar-refractivity contribution in [2.75, 3.05) is 0 Å².